The number of anilines is 1. The van der Waals surface area contributed by atoms with Gasteiger partial charge in [0.25, 0.3) is 0 Å². The molecule has 0 amide bonds. The monoisotopic (exact) mass is 178 g/mol. The number of rotatable bonds is 3. The normalized spacial score (nSPS) is 10.2. The van der Waals surface area contributed by atoms with E-state index in [0.717, 1.165) is 11.6 Å². The fourth-order valence-corrected chi connectivity index (χ4v) is 0.813. The minimum Gasteiger partial charge on any atom is -0.478 e. The van der Waals surface area contributed by atoms with Gasteiger partial charge in [-0.15, -0.1) is 0 Å². The smallest absolute Gasteiger partial charge is 0.329 e. The summed E-state index contributed by atoms with van der Waals surface area (Å²) in [6.45, 7) is 1.94. The molecule has 0 fully saturated rings. The molecule has 0 aliphatic heterocycles. The molecule has 1 aromatic heterocycles. The lowest BCUT2D eigenvalue weighted by molar-refractivity contribution is -0.131. The van der Waals surface area contributed by atoms with Crippen LogP contribution in [0.2, 0.25) is 0 Å². The highest BCUT2D eigenvalue weighted by atomic mass is 16.4. The third kappa shape index (κ3) is 3.37. The van der Waals surface area contributed by atoms with Gasteiger partial charge in [-0.05, 0) is 24.6 Å². The van der Waals surface area contributed by atoms with Crippen molar-refractivity contribution in [2.24, 2.45) is 0 Å². The van der Waals surface area contributed by atoms with E-state index >= 15 is 0 Å². The van der Waals surface area contributed by atoms with Crippen molar-refractivity contribution in [3.8, 4) is 0 Å². The number of aliphatic carboxylic acids is 1. The van der Waals surface area contributed by atoms with Crippen LogP contribution in [-0.2, 0) is 4.79 Å². The largest absolute Gasteiger partial charge is 0.478 e. The molecule has 1 rings (SSSR count). The first-order chi connectivity index (χ1) is 6.18. The third-order valence-corrected chi connectivity index (χ3v) is 1.37. The Labute approximate surface area is 75.9 Å². The summed E-state index contributed by atoms with van der Waals surface area (Å²) in [4.78, 5) is 14.1. The molecule has 1 aromatic rings. The number of hydrogen-bond donors (Lipinski definition) is 2. The average molecular weight is 178 g/mol. The van der Waals surface area contributed by atoms with Crippen LogP contribution < -0.4 is 5.32 Å². The van der Waals surface area contributed by atoms with Crippen LogP contribution in [0.1, 0.15) is 5.56 Å². The number of carboxylic acid groups (broad SMARTS) is 1. The second kappa shape index (κ2) is 4.25. The van der Waals surface area contributed by atoms with E-state index in [1.54, 1.807) is 6.20 Å². The minimum atomic E-state index is -0.986. The molecule has 0 atom stereocenters. The lowest BCUT2D eigenvalue weighted by Crippen LogP contribution is -1.94. The molecule has 0 unspecified atom stereocenters. The molecule has 0 saturated carbocycles. The number of pyridine rings is 1. The first-order valence-electron chi connectivity index (χ1n) is 3.77. The fraction of sp³-hybridized carbons (Fsp3) is 0.111. The highest BCUT2D eigenvalue weighted by molar-refractivity contribution is 5.80. The van der Waals surface area contributed by atoms with Crippen LogP contribution >= 0.6 is 0 Å². The molecule has 0 aliphatic carbocycles. The highest BCUT2D eigenvalue weighted by Gasteiger charge is 1.90. The topological polar surface area (TPSA) is 62.2 Å². The second-order valence-electron chi connectivity index (χ2n) is 2.53. The van der Waals surface area contributed by atoms with Crippen molar-refractivity contribution in [3.05, 3.63) is 36.2 Å². The summed E-state index contributed by atoms with van der Waals surface area (Å²) in [5, 5.41) is 11.0. The molecule has 1 heterocycles. The Balaban J connectivity index is 2.59. The van der Waals surface area contributed by atoms with Gasteiger partial charge in [0.1, 0.15) is 5.82 Å². The van der Waals surface area contributed by atoms with Crippen molar-refractivity contribution in [2.75, 3.05) is 5.32 Å². The van der Waals surface area contributed by atoms with Crippen LogP contribution in [-0.4, -0.2) is 16.1 Å². The summed E-state index contributed by atoms with van der Waals surface area (Å²) >= 11 is 0. The summed E-state index contributed by atoms with van der Waals surface area (Å²) in [6, 6.07) is 3.69. The van der Waals surface area contributed by atoms with E-state index in [-0.39, 0.29) is 0 Å². The lowest BCUT2D eigenvalue weighted by atomic mass is 10.3. The number of carboxylic acids is 1. The van der Waals surface area contributed by atoms with Gasteiger partial charge in [-0.25, -0.2) is 9.78 Å². The molecule has 0 saturated heterocycles. The molecular weight excluding hydrogens is 168 g/mol. The zero-order valence-electron chi connectivity index (χ0n) is 7.19. The zero-order chi connectivity index (χ0) is 9.68. The summed E-state index contributed by atoms with van der Waals surface area (Å²) in [7, 11) is 0. The molecular formula is C9H10N2O2. The summed E-state index contributed by atoms with van der Waals surface area (Å²) in [5.74, 6) is -0.349. The highest BCUT2D eigenvalue weighted by Crippen LogP contribution is 2.04. The van der Waals surface area contributed by atoms with Gasteiger partial charge >= 0.3 is 5.97 Å². The standard InChI is InChI=1S/C9H10N2O2/c1-7-2-4-10-8(6-7)11-5-3-9(12)13/h2-6H,1H3,(H,10,11)(H,12,13)/b5-3+. The van der Waals surface area contributed by atoms with Crippen LogP contribution in [0.15, 0.2) is 30.6 Å². The van der Waals surface area contributed by atoms with Gasteiger partial charge in [0.05, 0.1) is 0 Å². The number of carbonyl (C=O) groups is 1. The van der Waals surface area contributed by atoms with Crippen molar-refractivity contribution in [2.45, 2.75) is 6.92 Å². The molecule has 4 nitrogen and oxygen atoms in total. The number of hydrogen-bond acceptors (Lipinski definition) is 3. The van der Waals surface area contributed by atoms with Gasteiger partial charge in [-0.3, -0.25) is 0 Å². The predicted molar refractivity (Wildman–Crippen MR) is 49.4 cm³/mol. The maximum absolute atomic E-state index is 10.1. The van der Waals surface area contributed by atoms with Crippen LogP contribution in [0.4, 0.5) is 5.82 Å². The van der Waals surface area contributed by atoms with Crippen LogP contribution in [0.5, 0.6) is 0 Å². The number of nitrogens with one attached hydrogen (secondary N) is 1. The van der Waals surface area contributed by atoms with Crippen molar-refractivity contribution in [3.63, 3.8) is 0 Å². The quantitative estimate of drug-likeness (QED) is 0.687. The van der Waals surface area contributed by atoms with E-state index in [1.807, 2.05) is 19.1 Å². The molecule has 4 heteroatoms. The van der Waals surface area contributed by atoms with Crippen molar-refractivity contribution in [1.29, 1.82) is 0 Å². The van der Waals surface area contributed by atoms with Gasteiger partial charge in [-0.2, -0.15) is 0 Å². The van der Waals surface area contributed by atoms with Gasteiger partial charge in [-0.1, -0.05) is 0 Å². The van der Waals surface area contributed by atoms with Crippen LogP contribution in [0.3, 0.4) is 0 Å². The molecule has 0 aliphatic rings. The molecule has 0 radical (unpaired) electrons. The summed E-state index contributed by atoms with van der Waals surface area (Å²) in [6.07, 6.45) is 4.01. The van der Waals surface area contributed by atoms with E-state index in [2.05, 4.69) is 10.3 Å². The number of aromatic nitrogens is 1. The molecule has 0 spiro atoms. The average Bonchev–Trinajstić information content (AvgIpc) is 2.03. The number of nitrogens with zero attached hydrogens (tertiary/aromatic N) is 1. The summed E-state index contributed by atoms with van der Waals surface area (Å²) < 4.78 is 0. The Bertz CT molecular complexity index is 334. The van der Waals surface area contributed by atoms with Gasteiger partial charge in [0.15, 0.2) is 0 Å². The molecule has 2 N–H and O–H groups in total. The molecule has 0 aromatic carbocycles. The van der Waals surface area contributed by atoms with E-state index < -0.39 is 5.97 Å². The lowest BCUT2D eigenvalue weighted by Gasteiger charge is -1.98. The minimum absolute atomic E-state index is 0.637. The third-order valence-electron chi connectivity index (χ3n) is 1.37. The maximum Gasteiger partial charge on any atom is 0.329 e. The molecule has 68 valence electrons. The van der Waals surface area contributed by atoms with E-state index in [1.165, 1.54) is 6.20 Å². The Morgan fingerprint density at radius 2 is 2.46 bits per heavy atom. The Hall–Kier alpha value is -1.84. The van der Waals surface area contributed by atoms with Gasteiger partial charge < -0.3 is 10.4 Å². The van der Waals surface area contributed by atoms with Gasteiger partial charge in [0.2, 0.25) is 0 Å². The van der Waals surface area contributed by atoms with Crippen molar-refractivity contribution >= 4 is 11.8 Å². The first kappa shape index (κ1) is 9.25. The zero-order valence-corrected chi connectivity index (χ0v) is 7.19. The summed E-state index contributed by atoms with van der Waals surface area (Å²) in [5.41, 5.74) is 1.07. The Morgan fingerprint density at radius 3 is 3.08 bits per heavy atom. The van der Waals surface area contributed by atoms with Crippen molar-refractivity contribution in [1.82, 2.24) is 4.98 Å². The van der Waals surface area contributed by atoms with Crippen LogP contribution in [0, 0.1) is 6.92 Å². The Kier molecular flexibility index (Phi) is 3.03. The maximum atomic E-state index is 10.1. The SMILES string of the molecule is Cc1ccnc(N/C=C/C(=O)O)c1. The van der Waals surface area contributed by atoms with Crippen LogP contribution in [0.25, 0.3) is 0 Å². The predicted octanol–water partition coefficient (Wildman–Crippen LogP) is 1.40. The Morgan fingerprint density at radius 1 is 1.69 bits per heavy atom. The van der Waals surface area contributed by atoms with Gasteiger partial charge in [0, 0.05) is 18.5 Å². The van der Waals surface area contributed by atoms with Crippen molar-refractivity contribution < 1.29 is 9.90 Å². The van der Waals surface area contributed by atoms with E-state index in [4.69, 9.17) is 5.11 Å². The van der Waals surface area contributed by atoms with E-state index in [0.29, 0.717) is 5.82 Å². The first-order valence-corrected chi connectivity index (χ1v) is 3.77. The molecule has 0 bridgehead atoms. The van der Waals surface area contributed by atoms with E-state index in [9.17, 15) is 4.79 Å². The fourth-order valence-electron chi connectivity index (χ4n) is 0.813. The molecule has 13 heavy (non-hydrogen) atoms. The number of aryl methyl sites for hydroxylation is 1. The second-order valence-corrected chi connectivity index (χ2v) is 2.53.